The maximum atomic E-state index is 5.21. The van der Waals surface area contributed by atoms with Gasteiger partial charge in [0.25, 0.3) is 0 Å². The Morgan fingerprint density at radius 2 is 2.60 bits per heavy atom. The topological polar surface area (TPSA) is 9.23 Å². The molecule has 1 heterocycles. The predicted molar refractivity (Wildman–Crippen MR) is 42.4 cm³/mol. The highest BCUT2D eigenvalue weighted by Gasteiger charge is 2.03. The molecule has 0 aromatic heterocycles. The lowest BCUT2D eigenvalue weighted by Crippen LogP contribution is -1.94. The van der Waals surface area contributed by atoms with Crippen LogP contribution in [0.4, 0.5) is 0 Å². The van der Waals surface area contributed by atoms with Crippen LogP contribution < -0.4 is 0 Å². The van der Waals surface area contributed by atoms with Crippen LogP contribution in [0.15, 0.2) is 36.3 Å². The Labute approximate surface area is 61.7 Å². The average molecular weight is 136 g/mol. The molecular weight excluding hydrogens is 124 g/mol. The van der Waals surface area contributed by atoms with Gasteiger partial charge in [-0.1, -0.05) is 13.5 Å². The quantitative estimate of drug-likeness (QED) is 0.538. The van der Waals surface area contributed by atoms with Crippen molar-refractivity contribution in [2.24, 2.45) is 0 Å². The Hall–Kier alpha value is -0.980. The third-order valence-electron chi connectivity index (χ3n) is 1.39. The summed E-state index contributed by atoms with van der Waals surface area (Å²) in [6.45, 7) is 5.95. The van der Waals surface area contributed by atoms with Crippen molar-refractivity contribution in [2.75, 3.05) is 0 Å². The minimum Gasteiger partial charge on any atom is -0.465 e. The van der Waals surface area contributed by atoms with E-state index in [-0.39, 0.29) is 0 Å². The molecule has 0 unspecified atom stereocenters. The minimum absolute atomic E-state index is 0.922. The van der Waals surface area contributed by atoms with Crippen molar-refractivity contribution < 1.29 is 4.74 Å². The second-order valence-corrected chi connectivity index (χ2v) is 2.27. The van der Waals surface area contributed by atoms with E-state index in [4.69, 9.17) is 4.74 Å². The highest BCUT2D eigenvalue weighted by Crippen LogP contribution is 2.19. The largest absolute Gasteiger partial charge is 0.465 e. The zero-order valence-corrected chi connectivity index (χ0v) is 6.26. The SMILES string of the molecule is C=C1CC=CO/C1=C/CC. The molecule has 0 amide bonds. The van der Waals surface area contributed by atoms with Gasteiger partial charge in [0, 0.05) is 0 Å². The number of allylic oxidation sites excluding steroid dienone is 3. The lowest BCUT2D eigenvalue weighted by atomic mass is 10.1. The zero-order chi connectivity index (χ0) is 7.40. The Morgan fingerprint density at radius 1 is 1.80 bits per heavy atom. The first-order chi connectivity index (χ1) is 4.84. The standard InChI is InChI=1S/C9H12O/c1-3-5-9-8(2)6-4-7-10-9/h4-5,7H,2-3,6H2,1H3/b9-5+. The second-order valence-electron chi connectivity index (χ2n) is 2.27. The molecule has 0 spiro atoms. The second kappa shape index (κ2) is 3.25. The van der Waals surface area contributed by atoms with Crippen LogP contribution in [0, 0.1) is 0 Å². The lowest BCUT2D eigenvalue weighted by molar-refractivity contribution is 0.347. The van der Waals surface area contributed by atoms with Gasteiger partial charge in [0.05, 0.1) is 6.26 Å². The van der Waals surface area contributed by atoms with Crippen molar-refractivity contribution in [3.05, 3.63) is 36.3 Å². The molecule has 0 aromatic rings. The van der Waals surface area contributed by atoms with Gasteiger partial charge in [-0.05, 0) is 30.6 Å². The summed E-state index contributed by atoms with van der Waals surface area (Å²) >= 11 is 0. The molecule has 0 N–H and O–H groups in total. The summed E-state index contributed by atoms with van der Waals surface area (Å²) in [7, 11) is 0. The fourth-order valence-corrected chi connectivity index (χ4v) is 0.874. The van der Waals surface area contributed by atoms with Crippen LogP contribution in [-0.4, -0.2) is 0 Å². The van der Waals surface area contributed by atoms with Crippen LogP contribution in [0.2, 0.25) is 0 Å². The molecule has 1 aliphatic heterocycles. The predicted octanol–water partition coefficient (Wildman–Crippen LogP) is 2.77. The van der Waals surface area contributed by atoms with Gasteiger partial charge in [-0.15, -0.1) is 0 Å². The fourth-order valence-electron chi connectivity index (χ4n) is 0.874. The monoisotopic (exact) mass is 136 g/mol. The Balaban J connectivity index is 2.68. The Bertz CT molecular complexity index is 187. The number of hydrogen-bond acceptors (Lipinski definition) is 1. The van der Waals surface area contributed by atoms with E-state index in [1.54, 1.807) is 6.26 Å². The van der Waals surface area contributed by atoms with Gasteiger partial charge >= 0.3 is 0 Å². The van der Waals surface area contributed by atoms with Gasteiger partial charge in [-0.2, -0.15) is 0 Å². The first kappa shape index (κ1) is 7.13. The third kappa shape index (κ3) is 1.50. The number of hydrogen-bond donors (Lipinski definition) is 0. The van der Waals surface area contributed by atoms with E-state index in [1.807, 2.05) is 12.2 Å². The molecule has 1 heteroatoms. The molecule has 0 aromatic carbocycles. The molecule has 1 rings (SSSR count). The first-order valence-corrected chi connectivity index (χ1v) is 3.54. The van der Waals surface area contributed by atoms with E-state index in [0.717, 1.165) is 24.2 Å². The maximum absolute atomic E-state index is 5.21. The summed E-state index contributed by atoms with van der Waals surface area (Å²) < 4.78 is 5.21. The van der Waals surface area contributed by atoms with Gasteiger partial charge in [0.2, 0.25) is 0 Å². The van der Waals surface area contributed by atoms with Crippen LogP contribution in [0.1, 0.15) is 19.8 Å². The van der Waals surface area contributed by atoms with Crippen LogP contribution in [-0.2, 0) is 4.74 Å². The summed E-state index contributed by atoms with van der Waals surface area (Å²) in [5.74, 6) is 0.935. The molecule has 54 valence electrons. The third-order valence-corrected chi connectivity index (χ3v) is 1.39. The van der Waals surface area contributed by atoms with E-state index < -0.39 is 0 Å². The molecule has 0 atom stereocenters. The molecule has 0 saturated heterocycles. The van der Waals surface area contributed by atoms with Crippen molar-refractivity contribution in [2.45, 2.75) is 19.8 Å². The van der Waals surface area contributed by atoms with E-state index in [9.17, 15) is 0 Å². The lowest BCUT2D eigenvalue weighted by Gasteiger charge is -2.11. The maximum Gasteiger partial charge on any atom is 0.125 e. The molecule has 0 aliphatic carbocycles. The highest BCUT2D eigenvalue weighted by atomic mass is 16.5. The summed E-state index contributed by atoms with van der Waals surface area (Å²) in [6.07, 6.45) is 7.66. The molecule has 0 saturated carbocycles. The van der Waals surface area contributed by atoms with Gasteiger partial charge in [0.15, 0.2) is 0 Å². The van der Waals surface area contributed by atoms with Crippen LogP contribution >= 0.6 is 0 Å². The van der Waals surface area contributed by atoms with Crippen LogP contribution in [0.5, 0.6) is 0 Å². The molecular formula is C9H12O. The van der Waals surface area contributed by atoms with Crippen molar-refractivity contribution in [3.8, 4) is 0 Å². The first-order valence-electron chi connectivity index (χ1n) is 3.54. The summed E-state index contributed by atoms with van der Waals surface area (Å²) in [6, 6.07) is 0. The number of ether oxygens (including phenoxy) is 1. The van der Waals surface area contributed by atoms with E-state index in [2.05, 4.69) is 13.5 Å². The normalized spacial score (nSPS) is 21.3. The van der Waals surface area contributed by atoms with Gasteiger partial charge in [-0.25, -0.2) is 0 Å². The Morgan fingerprint density at radius 3 is 3.20 bits per heavy atom. The summed E-state index contributed by atoms with van der Waals surface area (Å²) in [4.78, 5) is 0. The molecule has 0 fully saturated rings. The molecule has 1 aliphatic rings. The smallest absolute Gasteiger partial charge is 0.125 e. The minimum atomic E-state index is 0.922. The summed E-state index contributed by atoms with van der Waals surface area (Å²) in [5, 5.41) is 0. The molecule has 10 heavy (non-hydrogen) atoms. The van der Waals surface area contributed by atoms with Gasteiger partial charge in [0.1, 0.15) is 5.76 Å². The van der Waals surface area contributed by atoms with Crippen molar-refractivity contribution in [3.63, 3.8) is 0 Å². The average Bonchev–Trinajstić information content (AvgIpc) is 1.94. The fraction of sp³-hybridized carbons (Fsp3) is 0.333. The summed E-state index contributed by atoms with van der Waals surface area (Å²) in [5.41, 5.74) is 1.07. The van der Waals surface area contributed by atoms with Crippen molar-refractivity contribution >= 4 is 0 Å². The van der Waals surface area contributed by atoms with E-state index in [1.165, 1.54) is 0 Å². The molecule has 0 bridgehead atoms. The molecule has 1 nitrogen and oxygen atoms in total. The van der Waals surface area contributed by atoms with Crippen LogP contribution in [0.3, 0.4) is 0 Å². The van der Waals surface area contributed by atoms with Gasteiger partial charge in [-0.3, -0.25) is 0 Å². The van der Waals surface area contributed by atoms with Crippen molar-refractivity contribution in [1.82, 2.24) is 0 Å². The number of rotatable bonds is 1. The highest BCUT2D eigenvalue weighted by molar-refractivity contribution is 5.27. The Kier molecular flexibility index (Phi) is 2.32. The van der Waals surface area contributed by atoms with Gasteiger partial charge < -0.3 is 4.74 Å². The van der Waals surface area contributed by atoms with Crippen LogP contribution in [0.25, 0.3) is 0 Å². The van der Waals surface area contributed by atoms with Crippen molar-refractivity contribution in [1.29, 1.82) is 0 Å². The van der Waals surface area contributed by atoms with E-state index in [0.29, 0.717) is 0 Å². The molecule has 0 radical (unpaired) electrons. The van der Waals surface area contributed by atoms with E-state index >= 15 is 0 Å². The zero-order valence-electron chi connectivity index (χ0n) is 6.26.